The fraction of sp³-hybridized carbons (Fsp3) is 0.0909. The average molecular weight is 255 g/mol. The van der Waals surface area contributed by atoms with E-state index in [-0.39, 0.29) is 5.82 Å². The van der Waals surface area contributed by atoms with Crippen LogP contribution in [0.5, 0.6) is 0 Å². The van der Waals surface area contributed by atoms with Crippen LogP contribution in [0, 0.1) is 17.4 Å². The lowest BCUT2D eigenvalue weighted by Crippen LogP contribution is -1.93. The highest BCUT2D eigenvalue weighted by atomic mass is 35.5. The number of nitrogens with zero attached hydrogens (tertiary/aromatic N) is 1. The maximum Gasteiger partial charge on any atom is 0.140 e. The monoisotopic (exact) mass is 254 g/mol. The van der Waals surface area contributed by atoms with Gasteiger partial charge >= 0.3 is 0 Å². The van der Waals surface area contributed by atoms with Gasteiger partial charge in [0.15, 0.2) is 0 Å². The first-order chi connectivity index (χ1) is 7.56. The van der Waals surface area contributed by atoms with E-state index in [9.17, 15) is 4.39 Å². The summed E-state index contributed by atoms with van der Waals surface area (Å²) in [6.45, 7) is 1.87. The van der Waals surface area contributed by atoms with Crippen molar-refractivity contribution in [2.75, 3.05) is 0 Å². The fourth-order valence-electron chi connectivity index (χ4n) is 1.39. The second kappa shape index (κ2) is 4.31. The van der Waals surface area contributed by atoms with Crippen LogP contribution in [-0.4, -0.2) is 9.97 Å². The van der Waals surface area contributed by atoms with Gasteiger partial charge in [0.05, 0.1) is 5.02 Å². The molecule has 1 aromatic heterocycles. The molecule has 0 radical (unpaired) electrons. The summed E-state index contributed by atoms with van der Waals surface area (Å²) >= 11 is 10.9. The summed E-state index contributed by atoms with van der Waals surface area (Å²) in [5.41, 5.74) is 1.52. The number of aromatic nitrogens is 2. The van der Waals surface area contributed by atoms with Crippen LogP contribution in [-0.2, 0) is 0 Å². The zero-order chi connectivity index (χ0) is 11.7. The number of hydrogen-bond donors (Lipinski definition) is 1. The van der Waals surface area contributed by atoms with Gasteiger partial charge in [-0.3, -0.25) is 0 Å². The van der Waals surface area contributed by atoms with Crippen LogP contribution in [0.3, 0.4) is 0 Å². The number of halogens is 2. The van der Waals surface area contributed by atoms with Crippen molar-refractivity contribution < 1.29 is 4.39 Å². The van der Waals surface area contributed by atoms with Crippen LogP contribution in [0.15, 0.2) is 24.3 Å². The zero-order valence-corrected chi connectivity index (χ0v) is 9.99. The molecule has 5 heteroatoms. The van der Waals surface area contributed by atoms with Crippen LogP contribution in [0.1, 0.15) is 5.69 Å². The Morgan fingerprint density at radius 3 is 2.75 bits per heavy atom. The second-order valence-electron chi connectivity index (χ2n) is 3.38. The van der Waals surface area contributed by atoms with E-state index in [4.69, 9.17) is 23.8 Å². The summed E-state index contributed by atoms with van der Waals surface area (Å²) in [5, 5.41) is 0.309. The van der Waals surface area contributed by atoms with Gasteiger partial charge in [-0.25, -0.2) is 9.37 Å². The van der Waals surface area contributed by atoms with Crippen molar-refractivity contribution in [2.24, 2.45) is 0 Å². The largest absolute Gasteiger partial charge is 0.343 e. The highest BCUT2D eigenvalue weighted by Gasteiger charge is 2.06. The van der Waals surface area contributed by atoms with Gasteiger partial charge in [-0.15, -0.1) is 0 Å². The van der Waals surface area contributed by atoms with Crippen molar-refractivity contribution in [2.45, 2.75) is 6.92 Å². The third kappa shape index (κ3) is 2.28. The van der Waals surface area contributed by atoms with Crippen LogP contribution in [0.25, 0.3) is 11.4 Å². The molecule has 0 aliphatic heterocycles. The van der Waals surface area contributed by atoms with E-state index < -0.39 is 0 Å². The molecule has 16 heavy (non-hydrogen) atoms. The van der Waals surface area contributed by atoms with Gasteiger partial charge in [0, 0.05) is 11.3 Å². The number of aromatic amines is 1. The van der Waals surface area contributed by atoms with Gasteiger partial charge in [0.25, 0.3) is 0 Å². The summed E-state index contributed by atoms with van der Waals surface area (Å²) in [4.78, 5) is 7.19. The van der Waals surface area contributed by atoms with E-state index in [1.54, 1.807) is 12.1 Å². The molecular weight excluding hydrogens is 247 g/mol. The lowest BCUT2D eigenvalue weighted by Gasteiger charge is -2.05. The molecule has 1 aromatic carbocycles. The third-order valence-electron chi connectivity index (χ3n) is 2.06. The molecule has 1 N–H and O–H groups in total. The minimum Gasteiger partial charge on any atom is -0.343 e. The average Bonchev–Trinajstić information content (AvgIpc) is 2.15. The Hall–Kier alpha value is -1.26. The topological polar surface area (TPSA) is 28.7 Å². The molecule has 0 aliphatic rings. The standard InChI is InChI=1S/C11H8ClFN2S/c1-6-4-10(16)15-11(14-6)8-3-2-7(13)5-9(8)12/h2-5H,1H3,(H,14,15,16). The molecule has 0 spiro atoms. The minimum atomic E-state index is -0.375. The highest BCUT2D eigenvalue weighted by molar-refractivity contribution is 7.71. The number of nitrogens with one attached hydrogen (secondary N) is 1. The van der Waals surface area contributed by atoms with Crippen molar-refractivity contribution in [3.05, 3.63) is 45.4 Å². The predicted octanol–water partition coefficient (Wildman–Crippen LogP) is 3.91. The molecule has 0 aliphatic carbocycles. The van der Waals surface area contributed by atoms with E-state index in [0.29, 0.717) is 21.1 Å². The molecule has 2 aromatic rings. The fourth-order valence-corrected chi connectivity index (χ4v) is 1.91. The van der Waals surface area contributed by atoms with E-state index in [2.05, 4.69) is 9.97 Å². The Morgan fingerprint density at radius 2 is 2.12 bits per heavy atom. The Bertz CT molecular complexity index is 595. The van der Waals surface area contributed by atoms with Gasteiger partial charge in [-0.2, -0.15) is 0 Å². The Kier molecular flexibility index (Phi) is 3.03. The maximum atomic E-state index is 12.9. The van der Waals surface area contributed by atoms with E-state index in [1.807, 2.05) is 6.92 Å². The molecule has 0 fully saturated rings. The van der Waals surface area contributed by atoms with Gasteiger partial charge in [-0.1, -0.05) is 23.8 Å². The van der Waals surface area contributed by atoms with Gasteiger partial charge in [-0.05, 0) is 31.2 Å². The van der Waals surface area contributed by atoms with Crippen molar-refractivity contribution >= 4 is 23.8 Å². The lowest BCUT2D eigenvalue weighted by molar-refractivity contribution is 0.628. The SMILES string of the molecule is Cc1cc(=S)nc(-c2ccc(F)cc2Cl)[nH]1. The first-order valence-corrected chi connectivity index (χ1v) is 5.38. The molecule has 2 nitrogen and oxygen atoms in total. The highest BCUT2D eigenvalue weighted by Crippen LogP contribution is 2.25. The smallest absolute Gasteiger partial charge is 0.140 e. The minimum absolute atomic E-state index is 0.309. The van der Waals surface area contributed by atoms with E-state index in [0.717, 1.165) is 5.69 Å². The lowest BCUT2D eigenvalue weighted by atomic mass is 10.2. The molecule has 0 amide bonds. The molecule has 2 rings (SSSR count). The second-order valence-corrected chi connectivity index (χ2v) is 4.20. The molecular formula is C11H8ClFN2S. The summed E-state index contributed by atoms with van der Waals surface area (Å²) < 4.78 is 13.4. The van der Waals surface area contributed by atoms with Gasteiger partial charge in [0.1, 0.15) is 16.3 Å². The van der Waals surface area contributed by atoms with E-state index in [1.165, 1.54) is 12.1 Å². The Balaban J connectivity index is 2.63. The number of rotatable bonds is 1. The predicted molar refractivity (Wildman–Crippen MR) is 64.6 cm³/mol. The van der Waals surface area contributed by atoms with Gasteiger partial charge in [0.2, 0.25) is 0 Å². The first-order valence-electron chi connectivity index (χ1n) is 4.59. The number of hydrogen-bond acceptors (Lipinski definition) is 2. The number of benzene rings is 1. The molecule has 1 heterocycles. The van der Waals surface area contributed by atoms with Crippen LogP contribution in [0.2, 0.25) is 5.02 Å². The van der Waals surface area contributed by atoms with Gasteiger partial charge < -0.3 is 4.98 Å². The quantitative estimate of drug-likeness (QED) is 0.782. The van der Waals surface area contributed by atoms with Crippen molar-refractivity contribution in [1.82, 2.24) is 9.97 Å². The van der Waals surface area contributed by atoms with Crippen molar-refractivity contribution in [3.8, 4) is 11.4 Å². The van der Waals surface area contributed by atoms with Crippen LogP contribution < -0.4 is 0 Å². The molecule has 0 saturated heterocycles. The Morgan fingerprint density at radius 1 is 1.38 bits per heavy atom. The summed E-state index contributed by atoms with van der Waals surface area (Å²) in [6.07, 6.45) is 0. The first kappa shape index (κ1) is 11.2. The summed E-state index contributed by atoms with van der Waals surface area (Å²) in [6, 6.07) is 5.90. The maximum absolute atomic E-state index is 12.9. The zero-order valence-electron chi connectivity index (χ0n) is 8.42. The van der Waals surface area contributed by atoms with Crippen molar-refractivity contribution in [1.29, 1.82) is 0 Å². The van der Waals surface area contributed by atoms with E-state index >= 15 is 0 Å². The molecule has 0 saturated carbocycles. The normalized spacial score (nSPS) is 10.4. The summed E-state index contributed by atoms with van der Waals surface area (Å²) in [7, 11) is 0. The molecule has 0 unspecified atom stereocenters. The molecule has 0 bridgehead atoms. The van der Waals surface area contributed by atoms with Crippen LogP contribution >= 0.6 is 23.8 Å². The number of H-pyrrole nitrogens is 1. The molecule has 82 valence electrons. The molecule has 0 atom stereocenters. The third-order valence-corrected chi connectivity index (χ3v) is 2.59. The summed E-state index contributed by atoms with van der Waals surface area (Å²) in [5.74, 6) is 0.176. The van der Waals surface area contributed by atoms with Crippen molar-refractivity contribution in [3.63, 3.8) is 0 Å². The number of aryl methyl sites for hydroxylation is 1. The van der Waals surface area contributed by atoms with Crippen LogP contribution in [0.4, 0.5) is 4.39 Å². The Labute approximate surface area is 102 Å².